The summed E-state index contributed by atoms with van der Waals surface area (Å²) in [5.41, 5.74) is 0.650. The second-order valence-corrected chi connectivity index (χ2v) is 9.28. The highest BCUT2D eigenvalue weighted by atomic mass is 35.5. The molecule has 0 spiro atoms. The molecule has 1 aliphatic carbocycles. The van der Waals surface area contributed by atoms with Crippen molar-refractivity contribution >= 4 is 35.6 Å². The van der Waals surface area contributed by atoms with Crippen LogP contribution in [0.4, 0.5) is 0 Å². The summed E-state index contributed by atoms with van der Waals surface area (Å²) < 4.78 is 5.96. The first kappa shape index (κ1) is 24.2. The number of halogens is 2. The summed E-state index contributed by atoms with van der Waals surface area (Å²) in [6.45, 7) is 3.53. The standard InChI is InChI=1S/C24H27Cl2NO5/c1-15(2)18-12-17(6-7-21(18)29)32-23-19(25)10-16(11-20(23)26)24(8-4-3-5-9-24)27(14-28)13-22(30)31/h6-7,10-12,14-15,29H,3-5,8-9,13H2,1-2H3,(H,30,31). The lowest BCUT2D eigenvalue weighted by Gasteiger charge is -2.44. The molecule has 0 aliphatic heterocycles. The minimum atomic E-state index is -1.08. The number of hydrogen-bond acceptors (Lipinski definition) is 4. The summed E-state index contributed by atoms with van der Waals surface area (Å²) in [7, 11) is 0. The number of aliphatic carboxylic acids is 1. The van der Waals surface area contributed by atoms with E-state index in [1.807, 2.05) is 13.8 Å². The number of phenols is 1. The Morgan fingerprint density at radius 3 is 2.31 bits per heavy atom. The second kappa shape index (κ2) is 10.0. The summed E-state index contributed by atoms with van der Waals surface area (Å²) in [5, 5.41) is 19.9. The van der Waals surface area contributed by atoms with Crippen molar-refractivity contribution in [3.05, 3.63) is 51.5 Å². The summed E-state index contributed by atoms with van der Waals surface area (Å²) >= 11 is 13.1. The normalized spacial score (nSPS) is 15.4. The molecule has 0 saturated heterocycles. The average Bonchev–Trinajstić information content (AvgIpc) is 2.75. The number of hydrogen-bond donors (Lipinski definition) is 2. The number of nitrogens with zero attached hydrogens (tertiary/aromatic N) is 1. The zero-order chi connectivity index (χ0) is 23.5. The zero-order valence-corrected chi connectivity index (χ0v) is 19.6. The van der Waals surface area contributed by atoms with Gasteiger partial charge in [-0.15, -0.1) is 0 Å². The van der Waals surface area contributed by atoms with Gasteiger partial charge in [0.2, 0.25) is 6.41 Å². The molecule has 6 nitrogen and oxygen atoms in total. The van der Waals surface area contributed by atoms with E-state index in [1.54, 1.807) is 30.3 Å². The van der Waals surface area contributed by atoms with Crippen LogP contribution in [0, 0.1) is 0 Å². The third kappa shape index (κ3) is 4.97. The zero-order valence-electron chi connectivity index (χ0n) is 18.1. The molecule has 1 fully saturated rings. The van der Waals surface area contributed by atoms with Crippen LogP contribution in [0.15, 0.2) is 30.3 Å². The van der Waals surface area contributed by atoms with Crippen LogP contribution >= 0.6 is 23.2 Å². The van der Waals surface area contributed by atoms with Crippen molar-refractivity contribution in [1.82, 2.24) is 4.90 Å². The first-order valence-electron chi connectivity index (χ1n) is 10.6. The second-order valence-electron chi connectivity index (χ2n) is 8.47. The first-order chi connectivity index (χ1) is 15.2. The van der Waals surface area contributed by atoms with Gasteiger partial charge in [-0.3, -0.25) is 9.59 Å². The van der Waals surface area contributed by atoms with Crippen molar-refractivity contribution in [3.8, 4) is 17.2 Å². The molecule has 2 N–H and O–H groups in total. The molecule has 8 heteroatoms. The van der Waals surface area contributed by atoms with Gasteiger partial charge in [-0.1, -0.05) is 56.3 Å². The third-order valence-corrected chi connectivity index (χ3v) is 6.60. The van der Waals surface area contributed by atoms with E-state index in [2.05, 4.69) is 0 Å². The van der Waals surface area contributed by atoms with Crippen LogP contribution in [0.1, 0.15) is 63.0 Å². The highest BCUT2D eigenvalue weighted by molar-refractivity contribution is 6.37. The predicted molar refractivity (Wildman–Crippen MR) is 124 cm³/mol. The van der Waals surface area contributed by atoms with E-state index in [0.717, 1.165) is 24.8 Å². The number of ether oxygens (including phenoxy) is 1. The van der Waals surface area contributed by atoms with Gasteiger partial charge in [-0.05, 0) is 54.7 Å². The summed E-state index contributed by atoms with van der Waals surface area (Å²) in [6, 6.07) is 8.34. The fourth-order valence-corrected chi connectivity index (χ4v) is 4.98. The number of amides is 1. The lowest BCUT2D eigenvalue weighted by Crippen LogP contribution is -2.49. The lowest BCUT2D eigenvalue weighted by molar-refractivity contribution is -0.145. The maximum atomic E-state index is 11.9. The lowest BCUT2D eigenvalue weighted by atomic mass is 9.75. The molecule has 0 bridgehead atoms. The summed E-state index contributed by atoms with van der Waals surface area (Å²) in [5.74, 6) is -0.0456. The SMILES string of the molecule is CC(C)c1cc(Oc2c(Cl)cc(C3(N(C=O)CC(=O)O)CCCCC3)cc2Cl)ccc1O. The quantitative estimate of drug-likeness (QED) is 0.432. The molecule has 172 valence electrons. The molecule has 0 atom stereocenters. The highest BCUT2D eigenvalue weighted by Gasteiger charge is 2.41. The fraction of sp³-hybridized carbons (Fsp3) is 0.417. The van der Waals surface area contributed by atoms with Gasteiger partial charge >= 0.3 is 5.97 Å². The highest BCUT2D eigenvalue weighted by Crippen LogP contribution is 2.47. The fourth-order valence-electron chi connectivity index (χ4n) is 4.42. The van der Waals surface area contributed by atoms with Crippen molar-refractivity contribution in [1.29, 1.82) is 0 Å². The van der Waals surface area contributed by atoms with Crippen LogP contribution in [0.25, 0.3) is 0 Å². The Balaban J connectivity index is 2.00. The van der Waals surface area contributed by atoms with Crippen molar-refractivity contribution in [2.45, 2.75) is 57.4 Å². The van der Waals surface area contributed by atoms with Gasteiger partial charge in [0, 0.05) is 5.56 Å². The van der Waals surface area contributed by atoms with E-state index >= 15 is 0 Å². The number of benzene rings is 2. The largest absolute Gasteiger partial charge is 0.508 e. The van der Waals surface area contributed by atoms with E-state index in [0.29, 0.717) is 30.6 Å². The Kier molecular flexibility index (Phi) is 7.57. The first-order valence-corrected chi connectivity index (χ1v) is 11.4. The molecule has 0 radical (unpaired) electrons. The molecule has 0 aromatic heterocycles. The number of aromatic hydroxyl groups is 1. The van der Waals surface area contributed by atoms with Crippen LogP contribution in [0.5, 0.6) is 17.2 Å². The van der Waals surface area contributed by atoms with E-state index in [4.69, 9.17) is 27.9 Å². The molecular formula is C24H27Cl2NO5. The number of rotatable bonds is 8. The Labute approximate surface area is 197 Å². The van der Waals surface area contributed by atoms with E-state index in [1.165, 1.54) is 4.90 Å². The van der Waals surface area contributed by atoms with E-state index in [9.17, 15) is 19.8 Å². The van der Waals surface area contributed by atoms with Crippen LogP contribution in [0.2, 0.25) is 10.0 Å². The van der Waals surface area contributed by atoms with Crippen LogP contribution < -0.4 is 4.74 Å². The molecule has 32 heavy (non-hydrogen) atoms. The number of carboxylic acids is 1. The van der Waals surface area contributed by atoms with Gasteiger partial charge in [0.15, 0.2) is 5.75 Å². The van der Waals surface area contributed by atoms with Gasteiger partial charge in [0.1, 0.15) is 18.0 Å². The average molecular weight is 480 g/mol. The Morgan fingerprint density at radius 1 is 1.16 bits per heavy atom. The van der Waals surface area contributed by atoms with Crippen LogP contribution in [-0.4, -0.2) is 34.0 Å². The maximum absolute atomic E-state index is 11.9. The van der Waals surface area contributed by atoms with E-state index < -0.39 is 18.1 Å². The number of phenolic OH excluding ortho intramolecular Hbond substituents is 1. The van der Waals surface area contributed by atoms with Crippen molar-refractivity contribution < 1.29 is 24.5 Å². The smallest absolute Gasteiger partial charge is 0.323 e. The molecule has 0 unspecified atom stereocenters. The topological polar surface area (TPSA) is 87.1 Å². The third-order valence-electron chi connectivity index (χ3n) is 6.04. The van der Waals surface area contributed by atoms with Gasteiger partial charge in [-0.25, -0.2) is 0 Å². The molecule has 1 aliphatic rings. The van der Waals surface area contributed by atoms with Crippen molar-refractivity contribution in [2.24, 2.45) is 0 Å². The maximum Gasteiger partial charge on any atom is 0.323 e. The summed E-state index contributed by atoms with van der Waals surface area (Å²) in [6.07, 6.45) is 4.59. The summed E-state index contributed by atoms with van der Waals surface area (Å²) in [4.78, 5) is 24.6. The minimum Gasteiger partial charge on any atom is -0.508 e. The molecule has 1 amide bonds. The monoisotopic (exact) mass is 479 g/mol. The molecule has 2 aromatic carbocycles. The van der Waals surface area contributed by atoms with Crippen LogP contribution in [-0.2, 0) is 15.1 Å². The number of carbonyl (C=O) groups is 2. The van der Waals surface area contributed by atoms with Crippen LogP contribution in [0.3, 0.4) is 0 Å². The number of carbonyl (C=O) groups excluding carboxylic acids is 1. The van der Waals surface area contributed by atoms with E-state index in [-0.39, 0.29) is 27.5 Å². The number of carboxylic acid groups (broad SMARTS) is 1. The molecule has 2 aromatic rings. The Hall–Kier alpha value is -2.44. The minimum absolute atomic E-state index is 0.0987. The predicted octanol–water partition coefficient (Wildman–Crippen LogP) is 6.32. The van der Waals surface area contributed by atoms with Gasteiger partial charge < -0.3 is 19.8 Å². The molecule has 3 rings (SSSR count). The Bertz CT molecular complexity index is 979. The van der Waals surface area contributed by atoms with Gasteiger partial charge in [0.05, 0.1) is 15.6 Å². The Morgan fingerprint density at radius 2 is 1.78 bits per heavy atom. The molecule has 0 heterocycles. The molecule has 1 saturated carbocycles. The van der Waals surface area contributed by atoms with Gasteiger partial charge in [0.25, 0.3) is 0 Å². The van der Waals surface area contributed by atoms with Gasteiger partial charge in [-0.2, -0.15) is 0 Å². The van der Waals surface area contributed by atoms with Crippen molar-refractivity contribution in [2.75, 3.05) is 6.54 Å². The molecular weight excluding hydrogens is 453 g/mol. The van der Waals surface area contributed by atoms with Crippen molar-refractivity contribution in [3.63, 3.8) is 0 Å².